The first-order chi connectivity index (χ1) is 8.54. The molecule has 0 fully saturated rings. The minimum Gasteiger partial charge on any atom is -0.370 e. The summed E-state index contributed by atoms with van der Waals surface area (Å²) in [5, 5.41) is 0. The smallest absolute Gasteiger partial charge is 0.192 e. The van der Waals surface area contributed by atoms with Crippen LogP contribution in [0.3, 0.4) is 0 Å². The van der Waals surface area contributed by atoms with E-state index in [1.54, 1.807) is 0 Å². The summed E-state index contributed by atoms with van der Waals surface area (Å²) < 4.78 is 0. The van der Waals surface area contributed by atoms with Crippen LogP contribution in [0.25, 0.3) is 0 Å². The summed E-state index contributed by atoms with van der Waals surface area (Å²) in [4.78, 5) is 6.49. The molecule has 1 aromatic carbocycles. The lowest BCUT2D eigenvalue weighted by Crippen LogP contribution is -2.36. The zero-order valence-electron chi connectivity index (χ0n) is 11.4. The van der Waals surface area contributed by atoms with Crippen LogP contribution < -0.4 is 5.73 Å². The number of aryl methyl sites for hydroxylation is 3. The highest BCUT2D eigenvalue weighted by molar-refractivity contribution is 5.80. The summed E-state index contributed by atoms with van der Waals surface area (Å²) in [6, 6.07) is 4.70. The van der Waals surface area contributed by atoms with E-state index in [9.17, 15) is 0 Å². The molecule has 1 aromatic rings. The summed E-state index contributed by atoms with van der Waals surface area (Å²) in [5.41, 5.74) is 11.2. The average Bonchev–Trinajstić information content (AvgIpc) is 2.61. The van der Waals surface area contributed by atoms with E-state index in [0.717, 1.165) is 13.1 Å². The lowest BCUT2D eigenvalue weighted by Gasteiger charge is -2.28. The van der Waals surface area contributed by atoms with Crippen molar-refractivity contribution in [3.8, 4) is 0 Å². The van der Waals surface area contributed by atoms with E-state index in [-0.39, 0.29) is 6.04 Å². The predicted octanol–water partition coefficient (Wildman–Crippen LogP) is 2.47. The second-order valence-corrected chi connectivity index (χ2v) is 4.97. The third-order valence-electron chi connectivity index (χ3n) is 3.49. The van der Waals surface area contributed by atoms with Crippen LogP contribution in [0.15, 0.2) is 29.8 Å². The van der Waals surface area contributed by atoms with Crippen LogP contribution in [0.2, 0.25) is 0 Å². The molecule has 0 bridgehead atoms. The minimum atomic E-state index is 0.253. The first kappa shape index (κ1) is 12.7. The number of aliphatic imine (C=N–C) groups is 1. The molecule has 0 saturated heterocycles. The highest BCUT2D eigenvalue weighted by atomic mass is 15.3. The fraction of sp³-hybridized carbons (Fsp3) is 0.400. The van der Waals surface area contributed by atoms with Gasteiger partial charge in [0.05, 0.1) is 12.6 Å². The molecule has 1 aliphatic rings. The number of hydrogen-bond donors (Lipinski definition) is 1. The van der Waals surface area contributed by atoms with E-state index in [4.69, 9.17) is 5.73 Å². The topological polar surface area (TPSA) is 41.6 Å². The molecule has 1 unspecified atom stereocenters. The van der Waals surface area contributed by atoms with Gasteiger partial charge in [0.25, 0.3) is 0 Å². The molecule has 0 saturated carbocycles. The Morgan fingerprint density at radius 3 is 2.56 bits per heavy atom. The van der Waals surface area contributed by atoms with Crippen LogP contribution in [0.1, 0.15) is 28.3 Å². The fourth-order valence-corrected chi connectivity index (χ4v) is 2.85. The van der Waals surface area contributed by atoms with Gasteiger partial charge in [-0.2, -0.15) is 0 Å². The van der Waals surface area contributed by atoms with Gasteiger partial charge in [0, 0.05) is 6.54 Å². The Morgan fingerprint density at radius 1 is 1.39 bits per heavy atom. The second-order valence-electron chi connectivity index (χ2n) is 4.97. The maximum atomic E-state index is 5.95. The average molecular weight is 243 g/mol. The van der Waals surface area contributed by atoms with Gasteiger partial charge in [0.15, 0.2) is 5.96 Å². The summed E-state index contributed by atoms with van der Waals surface area (Å²) >= 11 is 0. The van der Waals surface area contributed by atoms with Crippen molar-refractivity contribution in [3.63, 3.8) is 0 Å². The summed E-state index contributed by atoms with van der Waals surface area (Å²) in [7, 11) is 0. The zero-order chi connectivity index (χ0) is 13.3. The van der Waals surface area contributed by atoms with Crippen molar-refractivity contribution in [1.29, 1.82) is 0 Å². The molecule has 3 nitrogen and oxygen atoms in total. The van der Waals surface area contributed by atoms with Gasteiger partial charge in [-0.25, -0.2) is 0 Å². The number of hydrogen-bond acceptors (Lipinski definition) is 3. The lowest BCUT2D eigenvalue weighted by atomic mass is 9.93. The molecule has 0 aliphatic carbocycles. The number of rotatable bonds is 3. The Kier molecular flexibility index (Phi) is 3.41. The second kappa shape index (κ2) is 4.84. The van der Waals surface area contributed by atoms with Gasteiger partial charge >= 0.3 is 0 Å². The molecule has 18 heavy (non-hydrogen) atoms. The van der Waals surface area contributed by atoms with E-state index in [1.807, 2.05) is 6.08 Å². The zero-order valence-corrected chi connectivity index (χ0v) is 11.4. The molecule has 0 spiro atoms. The maximum Gasteiger partial charge on any atom is 0.192 e. The van der Waals surface area contributed by atoms with E-state index in [0.29, 0.717) is 5.96 Å². The van der Waals surface area contributed by atoms with Crippen LogP contribution in [0.5, 0.6) is 0 Å². The van der Waals surface area contributed by atoms with Crippen molar-refractivity contribution < 1.29 is 0 Å². The third kappa shape index (κ3) is 2.13. The Hall–Kier alpha value is -1.77. The molecule has 0 radical (unpaired) electrons. The van der Waals surface area contributed by atoms with E-state index >= 15 is 0 Å². The number of benzene rings is 1. The molecule has 1 heterocycles. The lowest BCUT2D eigenvalue weighted by molar-refractivity contribution is 0.378. The molecule has 0 aromatic heterocycles. The highest BCUT2D eigenvalue weighted by Crippen LogP contribution is 2.31. The van der Waals surface area contributed by atoms with Crippen LogP contribution >= 0.6 is 0 Å². The maximum absolute atomic E-state index is 5.95. The van der Waals surface area contributed by atoms with Crippen molar-refractivity contribution in [2.24, 2.45) is 10.7 Å². The Labute approximate surface area is 109 Å². The highest BCUT2D eigenvalue weighted by Gasteiger charge is 2.28. The van der Waals surface area contributed by atoms with E-state index < -0.39 is 0 Å². The Morgan fingerprint density at radius 2 is 2.00 bits per heavy atom. The van der Waals surface area contributed by atoms with Crippen molar-refractivity contribution in [2.75, 3.05) is 13.1 Å². The van der Waals surface area contributed by atoms with Crippen molar-refractivity contribution >= 4 is 5.96 Å². The largest absolute Gasteiger partial charge is 0.370 e. The molecular weight excluding hydrogens is 222 g/mol. The predicted molar refractivity (Wildman–Crippen MR) is 76.8 cm³/mol. The number of nitrogens with zero attached hydrogens (tertiary/aromatic N) is 2. The van der Waals surface area contributed by atoms with Crippen LogP contribution in [0.4, 0.5) is 0 Å². The molecular formula is C15H21N3. The van der Waals surface area contributed by atoms with E-state index in [2.05, 4.69) is 49.4 Å². The van der Waals surface area contributed by atoms with Gasteiger partial charge in [-0.15, -0.1) is 6.58 Å². The Bertz CT molecular complexity index is 479. The van der Waals surface area contributed by atoms with Crippen molar-refractivity contribution in [3.05, 3.63) is 47.0 Å². The van der Waals surface area contributed by atoms with E-state index in [1.165, 1.54) is 22.3 Å². The van der Waals surface area contributed by atoms with Gasteiger partial charge in [0.2, 0.25) is 0 Å². The van der Waals surface area contributed by atoms with Crippen molar-refractivity contribution in [2.45, 2.75) is 26.8 Å². The number of guanidine groups is 1. The molecule has 2 rings (SSSR count). The Balaban J connectivity index is 2.40. The van der Waals surface area contributed by atoms with Gasteiger partial charge < -0.3 is 10.6 Å². The molecule has 2 N–H and O–H groups in total. The van der Waals surface area contributed by atoms with Crippen LogP contribution in [-0.4, -0.2) is 23.9 Å². The first-order valence-electron chi connectivity index (χ1n) is 6.29. The monoisotopic (exact) mass is 243 g/mol. The molecule has 0 amide bonds. The van der Waals surface area contributed by atoms with Crippen LogP contribution in [0, 0.1) is 20.8 Å². The SMILES string of the molecule is C=CCN1C(N)=NCC1c1c(C)cc(C)cc1C. The number of nitrogens with two attached hydrogens (primary N) is 1. The fourth-order valence-electron chi connectivity index (χ4n) is 2.85. The minimum absolute atomic E-state index is 0.253. The first-order valence-corrected chi connectivity index (χ1v) is 6.29. The normalized spacial score (nSPS) is 18.9. The third-order valence-corrected chi connectivity index (χ3v) is 3.49. The molecule has 1 aliphatic heterocycles. The molecule has 96 valence electrons. The van der Waals surface area contributed by atoms with Gasteiger partial charge in [-0.1, -0.05) is 23.8 Å². The van der Waals surface area contributed by atoms with Gasteiger partial charge in [-0.05, 0) is 37.5 Å². The van der Waals surface area contributed by atoms with Crippen molar-refractivity contribution in [1.82, 2.24) is 4.90 Å². The summed E-state index contributed by atoms with van der Waals surface area (Å²) in [6.45, 7) is 11.7. The quantitative estimate of drug-likeness (QED) is 0.829. The molecule has 3 heteroatoms. The summed E-state index contributed by atoms with van der Waals surface area (Å²) in [6.07, 6.45) is 1.87. The van der Waals surface area contributed by atoms with Gasteiger partial charge in [0.1, 0.15) is 0 Å². The standard InChI is InChI=1S/C15H21N3/c1-5-6-18-13(9-17-15(18)16)14-11(3)7-10(2)8-12(14)4/h5,7-8,13H,1,6,9H2,2-4H3,(H2,16,17). The molecule has 1 atom stereocenters. The summed E-state index contributed by atoms with van der Waals surface area (Å²) in [5.74, 6) is 0.624. The van der Waals surface area contributed by atoms with Gasteiger partial charge in [-0.3, -0.25) is 4.99 Å². The van der Waals surface area contributed by atoms with Crippen LogP contribution in [-0.2, 0) is 0 Å².